The van der Waals surface area contributed by atoms with Crippen molar-refractivity contribution in [1.29, 1.82) is 0 Å². The van der Waals surface area contributed by atoms with Gasteiger partial charge in [-0.3, -0.25) is 4.98 Å². The minimum absolute atomic E-state index is 0.0898. The smallest absolute Gasteiger partial charge is 0.405 e. The largest absolute Gasteiger partial charge is 0.573 e. The zero-order valence-electron chi connectivity index (χ0n) is 8.00. The molecule has 1 aromatic heterocycles. The van der Waals surface area contributed by atoms with Crippen LogP contribution in [0.15, 0.2) is 32.2 Å². The molecular weight excluding hydrogens is 243 g/mol. The Morgan fingerprint density at radius 2 is 1.94 bits per heavy atom. The van der Waals surface area contributed by atoms with Gasteiger partial charge >= 0.3 is 17.7 Å². The molecule has 0 aliphatic carbocycles. The number of aromatic nitrogens is 1. The van der Waals surface area contributed by atoms with E-state index in [0.29, 0.717) is 0 Å². The lowest BCUT2D eigenvalue weighted by Gasteiger charge is -2.09. The van der Waals surface area contributed by atoms with Crippen molar-refractivity contribution in [3.05, 3.63) is 39.2 Å². The van der Waals surface area contributed by atoms with Gasteiger partial charge in [0.25, 0.3) is 0 Å². The third-order valence-corrected chi connectivity index (χ3v) is 1.88. The highest BCUT2D eigenvalue weighted by molar-refractivity contribution is 5.83. The average molecular weight is 247 g/mol. The first kappa shape index (κ1) is 11.2. The summed E-state index contributed by atoms with van der Waals surface area (Å²) in [6.07, 6.45) is -4.93. The number of halogens is 3. The van der Waals surface area contributed by atoms with E-state index in [2.05, 4.69) is 14.1 Å². The summed E-state index contributed by atoms with van der Waals surface area (Å²) in [5, 5.41) is -0.468. The molecule has 5 nitrogen and oxygen atoms in total. The number of rotatable bonds is 1. The second-order valence-corrected chi connectivity index (χ2v) is 3.03. The first-order valence-corrected chi connectivity index (χ1v) is 4.29. The minimum atomic E-state index is -4.93. The molecule has 2 aromatic rings. The summed E-state index contributed by atoms with van der Waals surface area (Å²) in [6, 6.07) is 3.42. The number of hydrogen-bond donors (Lipinski definition) is 1. The molecule has 0 saturated carbocycles. The first-order chi connectivity index (χ1) is 7.87. The van der Waals surface area contributed by atoms with Gasteiger partial charge in [-0.1, -0.05) is 6.07 Å². The second kappa shape index (κ2) is 3.65. The Hall–Kier alpha value is -2.25. The van der Waals surface area contributed by atoms with E-state index in [1.165, 1.54) is 12.1 Å². The highest BCUT2D eigenvalue weighted by Crippen LogP contribution is 2.27. The van der Waals surface area contributed by atoms with E-state index in [-0.39, 0.29) is 5.52 Å². The Bertz CT molecular complexity index is 670. The number of nitrogens with one attached hydrogen (secondary N) is 1. The molecule has 0 spiro atoms. The summed E-state index contributed by atoms with van der Waals surface area (Å²) in [5.74, 6) is -1.77. The van der Waals surface area contributed by atoms with Crippen LogP contribution in [0.25, 0.3) is 10.9 Å². The molecule has 1 heterocycles. The third kappa shape index (κ3) is 2.30. The Labute approximate surface area is 90.4 Å². The quantitative estimate of drug-likeness (QED) is 0.826. The van der Waals surface area contributed by atoms with Crippen LogP contribution in [0.3, 0.4) is 0 Å². The molecule has 90 valence electrons. The maximum Gasteiger partial charge on any atom is 0.573 e. The number of benzene rings is 1. The van der Waals surface area contributed by atoms with Gasteiger partial charge in [0.1, 0.15) is 11.1 Å². The maximum atomic E-state index is 12.1. The number of hydrogen-bond acceptors (Lipinski definition) is 4. The zero-order chi connectivity index (χ0) is 12.6. The number of H-pyrrole nitrogens is 1. The van der Waals surface area contributed by atoms with E-state index in [0.717, 1.165) is 6.07 Å². The fourth-order valence-electron chi connectivity index (χ4n) is 1.33. The van der Waals surface area contributed by atoms with Gasteiger partial charge in [0, 0.05) is 0 Å². The minimum Gasteiger partial charge on any atom is -0.405 e. The van der Waals surface area contributed by atoms with Crippen LogP contribution >= 0.6 is 0 Å². The van der Waals surface area contributed by atoms with E-state index < -0.39 is 28.9 Å². The van der Waals surface area contributed by atoms with Crippen molar-refractivity contribution < 1.29 is 22.3 Å². The molecule has 0 aliphatic heterocycles. The molecule has 2 rings (SSSR count). The molecule has 8 heteroatoms. The Balaban J connectivity index is 2.74. The third-order valence-electron chi connectivity index (χ3n) is 1.88. The second-order valence-electron chi connectivity index (χ2n) is 3.03. The predicted octanol–water partition coefficient (Wildman–Crippen LogP) is 1.38. The van der Waals surface area contributed by atoms with Gasteiger partial charge < -0.3 is 9.15 Å². The molecule has 0 radical (unpaired) electrons. The van der Waals surface area contributed by atoms with Crippen molar-refractivity contribution in [3.8, 4) is 5.75 Å². The fraction of sp³-hybridized carbons (Fsp3) is 0.111. The van der Waals surface area contributed by atoms with Crippen LogP contribution in [0.4, 0.5) is 13.2 Å². The van der Waals surface area contributed by atoms with E-state index in [9.17, 15) is 22.8 Å². The normalized spacial score (nSPS) is 11.7. The fourth-order valence-corrected chi connectivity index (χ4v) is 1.33. The summed E-state index contributed by atoms with van der Waals surface area (Å²) < 4.78 is 43.9. The van der Waals surface area contributed by atoms with E-state index >= 15 is 0 Å². The Kier molecular flexibility index (Phi) is 2.41. The van der Waals surface area contributed by atoms with E-state index in [1.54, 1.807) is 0 Å². The van der Waals surface area contributed by atoms with Crippen LogP contribution < -0.4 is 16.1 Å². The molecular formula is C9H4F3NO4. The van der Waals surface area contributed by atoms with Crippen molar-refractivity contribution in [2.45, 2.75) is 6.36 Å². The van der Waals surface area contributed by atoms with Gasteiger partial charge in [-0.25, -0.2) is 9.59 Å². The molecule has 0 fully saturated rings. The van der Waals surface area contributed by atoms with Gasteiger partial charge in [-0.2, -0.15) is 0 Å². The number of ether oxygens (including phenoxy) is 1. The van der Waals surface area contributed by atoms with E-state index in [1.807, 2.05) is 0 Å². The van der Waals surface area contributed by atoms with Crippen LogP contribution in [0.2, 0.25) is 0 Å². The van der Waals surface area contributed by atoms with Crippen molar-refractivity contribution >= 4 is 10.9 Å². The van der Waals surface area contributed by atoms with Crippen LogP contribution in [0, 0.1) is 0 Å². The monoisotopic (exact) mass is 247 g/mol. The molecule has 1 aromatic carbocycles. The topological polar surface area (TPSA) is 72.3 Å². The van der Waals surface area contributed by atoms with Crippen LogP contribution in [0.5, 0.6) is 5.75 Å². The summed E-state index contributed by atoms with van der Waals surface area (Å²) in [5.41, 5.74) is -1.28. The van der Waals surface area contributed by atoms with Gasteiger partial charge in [-0.05, 0) is 12.1 Å². The highest BCUT2D eigenvalue weighted by Gasteiger charge is 2.32. The maximum absolute atomic E-state index is 12.1. The van der Waals surface area contributed by atoms with Crippen LogP contribution in [0.1, 0.15) is 0 Å². The first-order valence-electron chi connectivity index (χ1n) is 4.29. The lowest BCUT2D eigenvalue weighted by atomic mass is 10.2. The van der Waals surface area contributed by atoms with E-state index in [4.69, 9.17) is 0 Å². The van der Waals surface area contributed by atoms with Crippen LogP contribution in [-0.2, 0) is 0 Å². The van der Waals surface area contributed by atoms with Gasteiger partial charge in [-0.15, -0.1) is 13.2 Å². The number of alkyl halides is 3. The number of fused-ring (bicyclic) bond motifs is 1. The zero-order valence-corrected chi connectivity index (χ0v) is 8.00. The molecule has 17 heavy (non-hydrogen) atoms. The van der Waals surface area contributed by atoms with Gasteiger partial charge in [0.05, 0.1) is 5.52 Å². The predicted molar refractivity (Wildman–Crippen MR) is 49.8 cm³/mol. The lowest BCUT2D eigenvalue weighted by molar-refractivity contribution is -0.274. The van der Waals surface area contributed by atoms with Gasteiger partial charge in [0.15, 0.2) is 0 Å². The molecule has 0 saturated heterocycles. The average Bonchev–Trinajstić information content (AvgIpc) is 2.13. The number of aromatic amines is 1. The SMILES string of the molecule is O=c1[nH]c2cccc(OC(F)(F)F)c2c(=O)o1. The molecule has 0 amide bonds. The molecule has 0 bridgehead atoms. The standard InChI is InChI=1S/C9H4F3NO4/c10-9(11,12)17-5-3-1-2-4-6(5)7(14)16-8(15)13-4/h1-3H,(H,13,15). The van der Waals surface area contributed by atoms with Gasteiger partial charge in [0.2, 0.25) is 0 Å². The summed E-state index contributed by atoms with van der Waals surface area (Å²) in [4.78, 5) is 24.2. The lowest BCUT2D eigenvalue weighted by Crippen LogP contribution is -2.20. The highest BCUT2D eigenvalue weighted by atomic mass is 19.4. The van der Waals surface area contributed by atoms with Crippen molar-refractivity contribution in [1.82, 2.24) is 4.98 Å². The molecule has 0 aliphatic rings. The van der Waals surface area contributed by atoms with Crippen molar-refractivity contribution in [2.24, 2.45) is 0 Å². The summed E-state index contributed by atoms with van der Waals surface area (Å²) in [7, 11) is 0. The Morgan fingerprint density at radius 3 is 2.59 bits per heavy atom. The molecule has 0 atom stereocenters. The summed E-state index contributed by atoms with van der Waals surface area (Å²) in [6.45, 7) is 0. The van der Waals surface area contributed by atoms with Crippen molar-refractivity contribution in [2.75, 3.05) is 0 Å². The molecule has 1 N–H and O–H groups in total. The van der Waals surface area contributed by atoms with Crippen LogP contribution in [-0.4, -0.2) is 11.3 Å². The summed E-state index contributed by atoms with van der Waals surface area (Å²) >= 11 is 0. The molecule has 0 unspecified atom stereocenters. The van der Waals surface area contributed by atoms with Crippen molar-refractivity contribution in [3.63, 3.8) is 0 Å². The Morgan fingerprint density at radius 1 is 1.24 bits per heavy atom.